The van der Waals surface area contributed by atoms with E-state index in [1.54, 1.807) is 30.3 Å². The average Bonchev–Trinajstić information content (AvgIpc) is 3.34. The Hall–Kier alpha value is -2.56. The third kappa shape index (κ3) is 4.07. The number of nitrogens with one attached hydrogen (secondary N) is 1. The van der Waals surface area contributed by atoms with Crippen molar-refractivity contribution in [2.75, 3.05) is 0 Å². The van der Waals surface area contributed by atoms with Crippen LogP contribution in [-0.2, 0) is 4.79 Å². The first-order chi connectivity index (χ1) is 13.1. The maximum Gasteiger partial charge on any atom is 0.243 e. The van der Waals surface area contributed by atoms with Gasteiger partial charge in [0.15, 0.2) is 0 Å². The van der Waals surface area contributed by atoms with Gasteiger partial charge in [-0.3, -0.25) is 4.79 Å². The van der Waals surface area contributed by atoms with E-state index in [4.69, 9.17) is 27.6 Å². The van der Waals surface area contributed by atoms with Crippen molar-refractivity contribution in [1.82, 2.24) is 5.43 Å². The second kappa shape index (κ2) is 7.59. The van der Waals surface area contributed by atoms with Gasteiger partial charge in [-0.25, -0.2) is 5.43 Å². The molecule has 3 aromatic rings. The topological polar surface area (TPSA) is 54.6 Å². The third-order valence-corrected chi connectivity index (χ3v) is 5.09. The van der Waals surface area contributed by atoms with E-state index in [2.05, 4.69) is 10.5 Å². The molecule has 4 nitrogen and oxygen atoms in total. The molecule has 2 atom stereocenters. The molecule has 1 amide bonds. The third-order valence-electron chi connectivity index (χ3n) is 4.54. The molecule has 1 N–H and O–H groups in total. The van der Waals surface area contributed by atoms with Gasteiger partial charge in [0.1, 0.15) is 11.5 Å². The van der Waals surface area contributed by atoms with Gasteiger partial charge in [0.05, 0.1) is 11.2 Å². The number of hydrogen-bond acceptors (Lipinski definition) is 3. The van der Waals surface area contributed by atoms with Gasteiger partial charge in [0, 0.05) is 16.5 Å². The first kappa shape index (κ1) is 17.8. The minimum atomic E-state index is -0.0763. The molecule has 2 unspecified atom stereocenters. The molecule has 2 aromatic carbocycles. The number of benzene rings is 2. The number of carbonyl (C=O) groups excluding carboxylic acids is 1. The predicted molar refractivity (Wildman–Crippen MR) is 107 cm³/mol. The van der Waals surface area contributed by atoms with Crippen LogP contribution < -0.4 is 5.43 Å². The lowest BCUT2D eigenvalue weighted by atomic mass is 10.1. The van der Waals surface area contributed by atoms with Crippen LogP contribution >= 0.6 is 23.2 Å². The molecule has 136 valence electrons. The van der Waals surface area contributed by atoms with Gasteiger partial charge in [0.2, 0.25) is 5.91 Å². The van der Waals surface area contributed by atoms with Gasteiger partial charge in [0.25, 0.3) is 0 Å². The van der Waals surface area contributed by atoms with E-state index < -0.39 is 0 Å². The smallest absolute Gasteiger partial charge is 0.243 e. The highest BCUT2D eigenvalue weighted by molar-refractivity contribution is 6.36. The number of furan rings is 1. The lowest BCUT2D eigenvalue weighted by molar-refractivity contribution is -0.122. The average molecular weight is 399 g/mol. The summed E-state index contributed by atoms with van der Waals surface area (Å²) in [7, 11) is 0. The first-order valence-electron chi connectivity index (χ1n) is 8.55. The van der Waals surface area contributed by atoms with E-state index in [1.807, 2.05) is 30.3 Å². The maximum atomic E-state index is 12.2. The lowest BCUT2D eigenvalue weighted by Crippen LogP contribution is -2.20. The normalized spacial score (nSPS) is 18.6. The van der Waals surface area contributed by atoms with Crippen LogP contribution in [0.4, 0.5) is 0 Å². The molecule has 0 radical (unpaired) electrons. The molecule has 1 aliphatic rings. The van der Waals surface area contributed by atoms with Crippen molar-refractivity contribution in [3.63, 3.8) is 0 Å². The molecule has 1 aliphatic carbocycles. The highest BCUT2D eigenvalue weighted by Gasteiger charge is 2.43. The van der Waals surface area contributed by atoms with Crippen LogP contribution in [0.3, 0.4) is 0 Å². The van der Waals surface area contributed by atoms with E-state index in [1.165, 1.54) is 11.8 Å². The number of rotatable bonds is 5. The zero-order valence-corrected chi connectivity index (χ0v) is 15.7. The van der Waals surface area contributed by atoms with E-state index in [0.717, 1.165) is 12.0 Å². The maximum absolute atomic E-state index is 12.2. The van der Waals surface area contributed by atoms with Crippen LogP contribution in [0.25, 0.3) is 11.3 Å². The Morgan fingerprint density at radius 2 is 1.93 bits per heavy atom. The second-order valence-electron chi connectivity index (χ2n) is 6.42. The molecule has 0 aliphatic heterocycles. The molecule has 6 heteroatoms. The molecule has 0 spiro atoms. The summed E-state index contributed by atoms with van der Waals surface area (Å²) in [5, 5.41) is 5.07. The molecule has 1 fully saturated rings. The summed E-state index contributed by atoms with van der Waals surface area (Å²) in [5.41, 5.74) is 4.52. The monoisotopic (exact) mass is 398 g/mol. The fourth-order valence-corrected chi connectivity index (χ4v) is 3.55. The molecule has 1 heterocycles. The molecular weight excluding hydrogens is 383 g/mol. The van der Waals surface area contributed by atoms with E-state index in [-0.39, 0.29) is 17.7 Å². The summed E-state index contributed by atoms with van der Waals surface area (Å²) >= 11 is 12.1. The second-order valence-corrected chi connectivity index (χ2v) is 7.26. The number of amides is 1. The fraction of sp³-hybridized carbons (Fsp3) is 0.143. The lowest BCUT2D eigenvalue weighted by Gasteiger charge is -2.01. The minimum absolute atomic E-state index is 0.0235. The number of hydrogen-bond donors (Lipinski definition) is 1. The van der Waals surface area contributed by atoms with Gasteiger partial charge in [-0.15, -0.1) is 0 Å². The Kier molecular flexibility index (Phi) is 5.01. The predicted octanol–water partition coefficient (Wildman–Crippen LogP) is 5.51. The number of carbonyl (C=O) groups is 1. The Bertz CT molecular complexity index is 998. The first-order valence-corrected chi connectivity index (χ1v) is 9.30. The van der Waals surface area contributed by atoms with Crippen molar-refractivity contribution in [2.45, 2.75) is 12.3 Å². The van der Waals surface area contributed by atoms with E-state index in [9.17, 15) is 4.79 Å². The van der Waals surface area contributed by atoms with Crippen molar-refractivity contribution >= 4 is 35.3 Å². The number of nitrogens with zero attached hydrogens (tertiary/aromatic N) is 1. The molecule has 0 saturated heterocycles. The molecule has 1 saturated carbocycles. The van der Waals surface area contributed by atoms with Crippen molar-refractivity contribution in [2.24, 2.45) is 11.0 Å². The minimum Gasteiger partial charge on any atom is -0.455 e. The molecule has 4 rings (SSSR count). The van der Waals surface area contributed by atoms with Gasteiger partial charge < -0.3 is 4.42 Å². The van der Waals surface area contributed by atoms with Crippen molar-refractivity contribution < 1.29 is 9.21 Å². The van der Waals surface area contributed by atoms with Crippen LogP contribution in [0.2, 0.25) is 10.0 Å². The summed E-state index contributed by atoms with van der Waals surface area (Å²) in [5.74, 6) is 1.31. The fourth-order valence-electron chi connectivity index (χ4n) is 3.05. The summed E-state index contributed by atoms with van der Waals surface area (Å²) in [6.45, 7) is 0. The highest BCUT2D eigenvalue weighted by atomic mass is 35.5. The van der Waals surface area contributed by atoms with E-state index in [0.29, 0.717) is 21.6 Å². The van der Waals surface area contributed by atoms with Gasteiger partial charge in [-0.2, -0.15) is 5.10 Å². The van der Waals surface area contributed by atoms with Crippen molar-refractivity contribution in [3.8, 4) is 11.3 Å². The molecular formula is C21H16Cl2N2O2. The van der Waals surface area contributed by atoms with E-state index >= 15 is 0 Å². The van der Waals surface area contributed by atoms with Crippen molar-refractivity contribution in [3.05, 3.63) is 82.0 Å². The van der Waals surface area contributed by atoms with Gasteiger partial charge in [-0.1, -0.05) is 53.5 Å². The van der Waals surface area contributed by atoms with Crippen LogP contribution in [-0.4, -0.2) is 12.1 Å². The van der Waals surface area contributed by atoms with Gasteiger partial charge >= 0.3 is 0 Å². The Balaban J connectivity index is 1.36. The summed E-state index contributed by atoms with van der Waals surface area (Å²) in [4.78, 5) is 12.2. The van der Waals surface area contributed by atoms with Crippen LogP contribution in [0.5, 0.6) is 0 Å². The molecule has 27 heavy (non-hydrogen) atoms. The Morgan fingerprint density at radius 3 is 2.70 bits per heavy atom. The summed E-state index contributed by atoms with van der Waals surface area (Å²) in [6.07, 6.45) is 2.33. The largest absolute Gasteiger partial charge is 0.455 e. The Labute approximate surface area is 166 Å². The van der Waals surface area contributed by atoms with Crippen LogP contribution in [0.15, 0.2) is 70.2 Å². The quantitative estimate of drug-likeness (QED) is 0.455. The summed E-state index contributed by atoms with van der Waals surface area (Å²) < 4.78 is 5.71. The SMILES string of the molecule is O=C(NN=Cc1ccc(-c2ccc(Cl)cc2Cl)o1)C1CC1c1ccccc1. The molecule has 1 aromatic heterocycles. The Morgan fingerprint density at radius 1 is 1.11 bits per heavy atom. The van der Waals surface area contributed by atoms with Crippen LogP contribution in [0, 0.1) is 5.92 Å². The summed E-state index contributed by atoms with van der Waals surface area (Å²) in [6, 6.07) is 18.8. The van der Waals surface area contributed by atoms with Crippen molar-refractivity contribution in [1.29, 1.82) is 0 Å². The molecule has 0 bridgehead atoms. The van der Waals surface area contributed by atoms with Crippen LogP contribution in [0.1, 0.15) is 23.7 Å². The van der Waals surface area contributed by atoms with Gasteiger partial charge in [-0.05, 0) is 48.2 Å². The zero-order valence-electron chi connectivity index (χ0n) is 14.2. The number of hydrazone groups is 1. The zero-order chi connectivity index (χ0) is 18.8. The standard InChI is InChI=1S/C21H16Cl2N2O2/c22-14-6-8-16(19(23)10-14)20-9-7-15(27-20)12-24-25-21(26)18-11-17(18)13-4-2-1-3-5-13/h1-10,12,17-18H,11H2,(H,25,26). The number of halogens is 2. The highest BCUT2D eigenvalue weighted by Crippen LogP contribution is 2.47.